The van der Waals surface area contributed by atoms with Gasteiger partial charge in [0.15, 0.2) is 0 Å². The molecular weight excluding hydrogens is 356 g/mol. The molecule has 136 valence electrons. The molecule has 3 heterocycles. The van der Waals surface area contributed by atoms with Crippen LogP contribution in [0.4, 0.5) is 0 Å². The van der Waals surface area contributed by atoms with Gasteiger partial charge in [-0.1, -0.05) is 11.2 Å². The Balaban J connectivity index is 1.41. The summed E-state index contributed by atoms with van der Waals surface area (Å²) in [6.07, 6.45) is 0.407. The second kappa shape index (κ2) is 7.91. The molecule has 0 atom stereocenters. The number of nitrogens with one attached hydrogen (secondary N) is 2. The molecule has 0 aliphatic heterocycles. The first-order valence-corrected chi connectivity index (χ1v) is 8.84. The molecule has 0 aliphatic rings. The lowest BCUT2D eigenvalue weighted by molar-refractivity contribution is -0.129. The van der Waals surface area contributed by atoms with Gasteiger partial charge in [-0.2, -0.15) is 10.1 Å². The van der Waals surface area contributed by atoms with Gasteiger partial charge in [-0.15, -0.1) is 11.3 Å². The summed E-state index contributed by atoms with van der Waals surface area (Å²) in [6, 6.07) is 5.67. The Hall–Kier alpha value is -3.01. The maximum atomic E-state index is 11.9. The van der Waals surface area contributed by atoms with Crippen LogP contribution in [-0.2, 0) is 22.6 Å². The highest BCUT2D eigenvalue weighted by atomic mass is 32.1. The average Bonchev–Trinajstić information content (AvgIpc) is 3.32. The third kappa shape index (κ3) is 4.54. The lowest BCUT2D eigenvalue weighted by Gasteiger charge is -2.07. The fourth-order valence-electron chi connectivity index (χ4n) is 2.30. The number of aromatic nitrogens is 4. The van der Waals surface area contributed by atoms with E-state index in [2.05, 4.69) is 26.1 Å². The monoisotopic (exact) mass is 374 g/mol. The van der Waals surface area contributed by atoms with Crippen molar-refractivity contribution in [3.63, 3.8) is 0 Å². The summed E-state index contributed by atoms with van der Waals surface area (Å²) < 4.78 is 6.70. The Bertz CT molecular complexity index is 899. The summed E-state index contributed by atoms with van der Waals surface area (Å²) >= 11 is 1.51. The van der Waals surface area contributed by atoms with Gasteiger partial charge in [0.1, 0.15) is 6.54 Å². The number of thiophene rings is 1. The summed E-state index contributed by atoms with van der Waals surface area (Å²) in [7, 11) is 0. The topological polar surface area (TPSA) is 115 Å². The highest BCUT2D eigenvalue weighted by Gasteiger charge is 2.12. The van der Waals surface area contributed by atoms with E-state index in [0.29, 0.717) is 11.7 Å². The fraction of sp³-hybridized carbons (Fsp3) is 0.312. The molecule has 0 radical (unpaired) electrons. The smallest absolute Gasteiger partial charge is 0.260 e. The number of hydrazine groups is 1. The Kier molecular flexibility index (Phi) is 5.42. The SMILES string of the molecule is Cc1cc(C)n(CC(=O)NNC(=O)CCc2nc(-c3cccs3)no2)n1. The maximum Gasteiger partial charge on any atom is 0.260 e. The first kappa shape index (κ1) is 17.8. The van der Waals surface area contributed by atoms with Crippen LogP contribution >= 0.6 is 11.3 Å². The zero-order valence-electron chi connectivity index (χ0n) is 14.4. The molecular formula is C16H18N6O3S. The third-order valence-corrected chi connectivity index (χ3v) is 4.38. The summed E-state index contributed by atoms with van der Waals surface area (Å²) in [6.45, 7) is 3.75. The van der Waals surface area contributed by atoms with Crippen LogP contribution in [0.15, 0.2) is 28.1 Å². The van der Waals surface area contributed by atoms with E-state index in [-0.39, 0.29) is 31.2 Å². The third-order valence-electron chi connectivity index (χ3n) is 3.51. The molecule has 3 rings (SSSR count). The van der Waals surface area contributed by atoms with Crippen molar-refractivity contribution >= 4 is 23.2 Å². The number of rotatable bonds is 6. The van der Waals surface area contributed by atoms with Crippen LogP contribution in [0.25, 0.3) is 10.7 Å². The van der Waals surface area contributed by atoms with Gasteiger partial charge in [0.25, 0.3) is 5.91 Å². The van der Waals surface area contributed by atoms with Gasteiger partial charge >= 0.3 is 0 Å². The summed E-state index contributed by atoms with van der Waals surface area (Å²) in [4.78, 5) is 28.8. The van der Waals surface area contributed by atoms with Gasteiger partial charge in [0.05, 0.1) is 10.6 Å². The summed E-state index contributed by atoms with van der Waals surface area (Å²) in [5.74, 6) is 0.177. The van der Waals surface area contributed by atoms with Crippen LogP contribution in [0, 0.1) is 13.8 Å². The number of hydrogen-bond acceptors (Lipinski definition) is 7. The molecule has 0 unspecified atom stereocenters. The minimum absolute atomic E-state index is 0.0355. The molecule has 2 N–H and O–H groups in total. The van der Waals surface area contributed by atoms with E-state index in [1.807, 2.05) is 37.4 Å². The van der Waals surface area contributed by atoms with Crippen LogP contribution in [0.5, 0.6) is 0 Å². The van der Waals surface area contributed by atoms with Crippen molar-refractivity contribution < 1.29 is 14.1 Å². The van der Waals surface area contributed by atoms with E-state index >= 15 is 0 Å². The minimum Gasteiger partial charge on any atom is -0.339 e. The Morgan fingerprint density at radius 3 is 2.77 bits per heavy atom. The molecule has 0 fully saturated rings. The number of nitrogens with zero attached hydrogens (tertiary/aromatic N) is 4. The molecule has 9 nitrogen and oxygen atoms in total. The number of carbonyl (C=O) groups excluding carboxylic acids is 2. The van der Waals surface area contributed by atoms with E-state index in [0.717, 1.165) is 16.3 Å². The maximum absolute atomic E-state index is 11.9. The first-order valence-electron chi connectivity index (χ1n) is 7.96. The molecule has 0 spiro atoms. The number of carbonyl (C=O) groups is 2. The lowest BCUT2D eigenvalue weighted by atomic mass is 10.3. The molecule has 0 aliphatic carbocycles. The van der Waals surface area contributed by atoms with Gasteiger partial charge in [-0.3, -0.25) is 25.1 Å². The number of amides is 2. The standard InChI is InChI=1S/C16H18N6O3S/c1-10-8-11(2)22(20-10)9-14(24)19-18-13(23)5-6-15-17-16(21-25-15)12-4-3-7-26-12/h3-4,7-8H,5-6,9H2,1-2H3,(H,18,23)(H,19,24). The van der Waals surface area contributed by atoms with E-state index in [9.17, 15) is 9.59 Å². The van der Waals surface area contributed by atoms with Crippen LogP contribution in [0.3, 0.4) is 0 Å². The first-order chi connectivity index (χ1) is 12.5. The lowest BCUT2D eigenvalue weighted by Crippen LogP contribution is -2.43. The van der Waals surface area contributed by atoms with Crippen LogP contribution in [-0.4, -0.2) is 31.7 Å². The number of aryl methyl sites for hydroxylation is 3. The largest absolute Gasteiger partial charge is 0.339 e. The molecule has 26 heavy (non-hydrogen) atoms. The van der Waals surface area contributed by atoms with Crippen molar-refractivity contribution in [2.75, 3.05) is 0 Å². The second-order valence-corrected chi connectivity index (χ2v) is 6.62. The highest BCUT2D eigenvalue weighted by Crippen LogP contribution is 2.21. The minimum atomic E-state index is -0.359. The fourth-order valence-corrected chi connectivity index (χ4v) is 2.94. The van der Waals surface area contributed by atoms with Gasteiger partial charge in [0, 0.05) is 18.5 Å². The average molecular weight is 374 g/mol. The van der Waals surface area contributed by atoms with Gasteiger partial charge in [-0.05, 0) is 31.4 Å². The second-order valence-electron chi connectivity index (χ2n) is 5.67. The van der Waals surface area contributed by atoms with Crippen LogP contribution < -0.4 is 10.9 Å². The summed E-state index contributed by atoms with van der Waals surface area (Å²) in [5.41, 5.74) is 6.44. The molecule has 0 saturated heterocycles. The number of hydrogen-bond donors (Lipinski definition) is 2. The predicted molar refractivity (Wildman–Crippen MR) is 93.9 cm³/mol. The van der Waals surface area contributed by atoms with Gasteiger partial charge in [-0.25, -0.2) is 0 Å². The Morgan fingerprint density at radius 1 is 1.27 bits per heavy atom. The van der Waals surface area contributed by atoms with Crippen molar-refractivity contribution in [1.29, 1.82) is 0 Å². The molecule has 0 bridgehead atoms. The highest BCUT2D eigenvalue weighted by molar-refractivity contribution is 7.13. The Labute approximate surface area is 153 Å². The van der Waals surface area contributed by atoms with Crippen molar-refractivity contribution in [2.45, 2.75) is 33.2 Å². The molecule has 0 aromatic carbocycles. The van der Waals surface area contributed by atoms with E-state index < -0.39 is 0 Å². The molecule has 10 heteroatoms. The quantitative estimate of drug-likeness (QED) is 0.630. The molecule has 3 aromatic rings. The van der Waals surface area contributed by atoms with Gasteiger partial charge in [0.2, 0.25) is 17.6 Å². The molecule has 3 aromatic heterocycles. The van der Waals surface area contributed by atoms with Crippen molar-refractivity contribution in [2.24, 2.45) is 0 Å². The summed E-state index contributed by atoms with van der Waals surface area (Å²) in [5, 5.41) is 10.00. The zero-order chi connectivity index (χ0) is 18.5. The molecule has 2 amide bonds. The van der Waals surface area contributed by atoms with Crippen molar-refractivity contribution in [3.8, 4) is 10.7 Å². The van der Waals surface area contributed by atoms with Gasteiger partial charge < -0.3 is 4.52 Å². The van der Waals surface area contributed by atoms with E-state index in [4.69, 9.17) is 4.52 Å². The van der Waals surface area contributed by atoms with Crippen LogP contribution in [0.1, 0.15) is 23.7 Å². The predicted octanol–water partition coefficient (Wildman–Crippen LogP) is 1.39. The van der Waals surface area contributed by atoms with Crippen molar-refractivity contribution in [3.05, 3.63) is 40.9 Å². The van der Waals surface area contributed by atoms with E-state index in [1.165, 1.54) is 11.3 Å². The zero-order valence-corrected chi connectivity index (χ0v) is 15.2. The van der Waals surface area contributed by atoms with Crippen LogP contribution in [0.2, 0.25) is 0 Å². The van der Waals surface area contributed by atoms with E-state index in [1.54, 1.807) is 4.68 Å². The Morgan fingerprint density at radius 2 is 2.08 bits per heavy atom. The molecule has 0 saturated carbocycles. The van der Waals surface area contributed by atoms with Crippen molar-refractivity contribution in [1.82, 2.24) is 30.8 Å². The normalized spacial score (nSPS) is 10.7.